The van der Waals surface area contributed by atoms with E-state index in [1.807, 2.05) is 16.3 Å². The average Bonchev–Trinajstić information content (AvgIpc) is 3.15. The molecule has 2 N–H and O–H groups in total. The van der Waals surface area contributed by atoms with Gasteiger partial charge in [-0.15, -0.1) is 11.3 Å². The lowest BCUT2D eigenvalue weighted by Gasteiger charge is -2.26. The summed E-state index contributed by atoms with van der Waals surface area (Å²) in [7, 11) is 0. The molecule has 1 amide bonds. The summed E-state index contributed by atoms with van der Waals surface area (Å²) in [6, 6.07) is 2.37. The van der Waals surface area contributed by atoms with E-state index in [-0.39, 0.29) is 5.91 Å². The van der Waals surface area contributed by atoms with E-state index in [0.717, 1.165) is 43.0 Å². The monoisotopic (exact) mass is 305 g/mol. The molecule has 1 aliphatic heterocycles. The molecule has 114 valence electrons. The summed E-state index contributed by atoms with van der Waals surface area (Å²) in [4.78, 5) is 17.8. The van der Waals surface area contributed by atoms with Crippen LogP contribution in [0.3, 0.4) is 0 Å². The molecule has 0 bridgehead atoms. The Morgan fingerprint density at radius 3 is 2.95 bits per heavy atom. The fraction of sp³-hybridized carbons (Fsp3) is 0.562. The molecule has 4 nitrogen and oxygen atoms in total. The van der Waals surface area contributed by atoms with Gasteiger partial charge in [0.2, 0.25) is 0 Å². The normalized spacial score (nSPS) is 17.9. The third kappa shape index (κ3) is 3.85. The minimum atomic E-state index is 0.127. The van der Waals surface area contributed by atoms with Crippen LogP contribution in [-0.2, 0) is 0 Å². The summed E-state index contributed by atoms with van der Waals surface area (Å²) in [5, 5.41) is 1.90. The number of likely N-dealkylation sites (tertiary alicyclic amines) is 1. The molecular weight excluding hydrogens is 282 g/mol. The largest absolute Gasteiger partial charge is 0.337 e. The highest BCUT2D eigenvalue weighted by Gasteiger charge is 2.29. The van der Waals surface area contributed by atoms with E-state index in [4.69, 9.17) is 5.73 Å². The van der Waals surface area contributed by atoms with E-state index in [1.165, 1.54) is 11.3 Å². The summed E-state index contributed by atoms with van der Waals surface area (Å²) >= 11 is 1.51. The molecule has 2 rings (SSSR count). The number of amides is 1. The number of thiophene rings is 1. The van der Waals surface area contributed by atoms with Gasteiger partial charge in [-0.25, -0.2) is 0 Å². The van der Waals surface area contributed by atoms with Crippen molar-refractivity contribution < 1.29 is 4.79 Å². The SMILES string of the molecule is CCN(CC)C1CCN(C(=O)c2csc(C#CCN)c2)C1. The Balaban J connectivity index is 1.99. The van der Waals surface area contributed by atoms with Gasteiger partial charge in [-0.2, -0.15) is 0 Å². The molecule has 1 atom stereocenters. The maximum absolute atomic E-state index is 12.5. The minimum Gasteiger partial charge on any atom is -0.337 e. The molecule has 0 aromatic carbocycles. The molecular formula is C16H23N3OS. The zero-order valence-corrected chi connectivity index (χ0v) is 13.6. The summed E-state index contributed by atoms with van der Waals surface area (Å²) in [6.07, 6.45) is 1.07. The van der Waals surface area contributed by atoms with Crippen molar-refractivity contribution >= 4 is 17.2 Å². The third-order valence-electron chi connectivity index (χ3n) is 3.94. The van der Waals surface area contributed by atoms with Gasteiger partial charge in [0.1, 0.15) is 0 Å². The number of nitrogens with zero attached hydrogens (tertiary/aromatic N) is 2. The fourth-order valence-electron chi connectivity index (χ4n) is 2.80. The molecule has 0 aliphatic carbocycles. The first kappa shape index (κ1) is 16.0. The maximum Gasteiger partial charge on any atom is 0.254 e. The van der Waals surface area contributed by atoms with E-state index in [2.05, 4.69) is 30.6 Å². The third-order valence-corrected chi connectivity index (χ3v) is 4.79. The summed E-state index contributed by atoms with van der Waals surface area (Å²) in [5.41, 5.74) is 6.12. The van der Waals surface area contributed by atoms with E-state index >= 15 is 0 Å². The molecule has 1 unspecified atom stereocenters. The number of likely N-dealkylation sites (N-methyl/N-ethyl adjacent to an activating group) is 1. The Morgan fingerprint density at radius 2 is 2.29 bits per heavy atom. The van der Waals surface area contributed by atoms with Crippen molar-refractivity contribution in [2.24, 2.45) is 5.73 Å². The van der Waals surface area contributed by atoms with Gasteiger partial charge in [-0.1, -0.05) is 25.7 Å². The standard InChI is InChI=1S/C16H23N3OS/c1-3-18(4-2)14-7-9-19(11-14)16(20)13-10-15(21-12-13)6-5-8-17/h10,12,14H,3-4,7-9,11,17H2,1-2H3. The Labute approximate surface area is 130 Å². The van der Waals surface area contributed by atoms with Crippen molar-refractivity contribution in [2.75, 3.05) is 32.7 Å². The first-order valence-corrected chi connectivity index (χ1v) is 8.38. The molecule has 5 heteroatoms. The predicted molar refractivity (Wildman–Crippen MR) is 87.5 cm³/mol. The van der Waals surface area contributed by atoms with Crippen LogP contribution in [0, 0.1) is 11.8 Å². The zero-order chi connectivity index (χ0) is 15.2. The van der Waals surface area contributed by atoms with Crippen LogP contribution in [0.2, 0.25) is 0 Å². The molecule has 1 fully saturated rings. The number of carbonyl (C=O) groups is 1. The molecule has 2 heterocycles. The minimum absolute atomic E-state index is 0.127. The van der Waals surface area contributed by atoms with E-state index in [1.54, 1.807) is 0 Å². The number of hydrogen-bond acceptors (Lipinski definition) is 4. The van der Waals surface area contributed by atoms with Gasteiger partial charge in [0, 0.05) is 24.5 Å². The summed E-state index contributed by atoms with van der Waals surface area (Å²) in [5.74, 6) is 5.93. The van der Waals surface area contributed by atoms with Crippen molar-refractivity contribution in [1.82, 2.24) is 9.80 Å². The Bertz CT molecular complexity index is 539. The molecule has 1 saturated heterocycles. The number of hydrogen-bond donors (Lipinski definition) is 1. The van der Waals surface area contributed by atoms with Gasteiger partial charge in [-0.3, -0.25) is 9.69 Å². The van der Waals surface area contributed by atoms with Crippen LogP contribution in [0.1, 0.15) is 35.5 Å². The lowest BCUT2D eigenvalue weighted by atomic mass is 10.2. The van der Waals surface area contributed by atoms with Gasteiger partial charge in [0.25, 0.3) is 5.91 Å². The van der Waals surface area contributed by atoms with Crippen molar-refractivity contribution in [3.05, 3.63) is 21.9 Å². The topological polar surface area (TPSA) is 49.6 Å². The molecule has 0 spiro atoms. The van der Waals surface area contributed by atoms with Gasteiger partial charge in [-0.05, 0) is 25.6 Å². The molecule has 0 saturated carbocycles. The molecule has 21 heavy (non-hydrogen) atoms. The first-order valence-electron chi connectivity index (χ1n) is 7.50. The van der Waals surface area contributed by atoms with Crippen LogP contribution in [0.15, 0.2) is 11.4 Å². The highest BCUT2D eigenvalue weighted by molar-refractivity contribution is 7.10. The molecule has 1 aliphatic rings. The van der Waals surface area contributed by atoms with Crippen LogP contribution in [0.25, 0.3) is 0 Å². The smallest absolute Gasteiger partial charge is 0.254 e. The number of nitrogens with two attached hydrogens (primary N) is 1. The molecule has 1 aromatic rings. The summed E-state index contributed by atoms with van der Waals surface area (Å²) in [6.45, 7) is 8.46. The Hall–Kier alpha value is -1.35. The lowest BCUT2D eigenvalue weighted by Crippen LogP contribution is -2.38. The predicted octanol–water partition coefficient (Wildman–Crippen LogP) is 1.61. The van der Waals surface area contributed by atoms with Crippen molar-refractivity contribution in [3.8, 4) is 11.8 Å². The van der Waals surface area contributed by atoms with Gasteiger partial charge < -0.3 is 10.6 Å². The second-order valence-electron chi connectivity index (χ2n) is 5.12. The van der Waals surface area contributed by atoms with Crippen molar-refractivity contribution in [2.45, 2.75) is 26.3 Å². The van der Waals surface area contributed by atoms with E-state index in [0.29, 0.717) is 12.6 Å². The Morgan fingerprint density at radius 1 is 1.52 bits per heavy atom. The number of carbonyl (C=O) groups excluding carboxylic acids is 1. The van der Waals surface area contributed by atoms with E-state index in [9.17, 15) is 4.79 Å². The molecule has 1 aromatic heterocycles. The van der Waals surface area contributed by atoms with Crippen molar-refractivity contribution in [3.63, 3.8) is 0 Å². The quantitative estimate of drug-likeness (QED) is 0.860. The zero-order valence-electron chi connectivity index (χ0n) is 12.8. The van der Waals surface area contributed by atoms with Crippen LogP contribution >= 0.6 is 11.3 Å². The van der Waals surface area contributed by atoms with Crippen LogP contribution < -0.4 is 5.73 Å². The fourth-order valence-corrected chi connectivity index (χ4v) is 3.55. The highest BCUT2D eigenvalue weighted by Crippen LogP contribution is 2.21. The second kappa shape index (κ2) is 7.60. The second-order valence-corrected chi connectivity index (χ2v) is 6.03. The lowest BCUT2D eigenvalue weighted by molar-refractivity contribution is 0.0778. The summed E-state index contributed by atoms with van der Waals surface area (Å²) < 4.78 is 0. The van der Waals surface area contributed by atoms with Crippen molar-refractivity contribution in [1.29, 1.82) is 0 Å². The average molecular weight is 305 g/mol. The van der Waals surface area contributed by atoms with Gasteiger partial charge >= 0.3 is 0 Å². The maximum atomic E-state index is 12.5. The molecule has 0 radical (unpaired) electrons. The Kier molecular flexibility index (Phi) is 5.80. The first-order chi connectivity index (χ1) is 10.2. The van der Waals surface area contributed by atoms with Gasteiger partial charge in [0.05, 0.1) is 17.0 Å². The van der Waals surface area contributed by atoms with Crippen LogP contribution in [0.5, 0.6) is 0 Å². The number of rotatable bonds is 4. The highest BCUT2D eigenvalue weighted by atomic mass is 32.1. The van der Waals surface area contributed by atoms with E-state index < -0.39 is 0 Å². The van der Waals surface area contributed by atoms with Gasteiger partial charge in [0.15, 0.2) is 0 Å². The van der Waals surface area contributed by atoms with Crippen LogP contribution in [-0.4, -0.2) is 54.5 Å². The van der Waals surface area contributed by atoms with Crippen LogP contribution in [0.4, 0.5) is 0 Å².